The Labute approximate surface area is 161 Å². The van der Waals surface area contributed by atoms with E-state index in [9.17, 15) is 4.79 Å². The number of carbonyl (C=O) groups excluding carboxylic acids is 1. The second kappa shape index (κ2) is 7.45. The number of hydrogen-bond acceptors (Lipinski definition) is 3. The van der Waals surface area contributed by atoms with Gasteiger partial charge in [-0.2, -0.15) is 5.10 Å². The molecule has 1 saturated heterocycles. The van der Waals surface area contributed by atoms with E-state index in [-0.39, 0.29) is 17.4 Å². The number of amides is 1. The number of unbranched alkanes of at least 4 members (excludes halogenated alkanes) is 1. The van der Waals surface area contributed by atoms with Gasteiger partial charge in [-0.1, -0.05) is 50.6 Å². The van der Waals surface area contributed by atoms with Crippen molar-refractivity contribution >= 4 is 5.91 Å². The average Bonchev–Trinajstić information content (AvgIpc) is 3.18. The first-order chi connectivity index (χ1) is 13.2. The molecule has 0 N–H and O–H groups in total. The summed E-state index contributed by atoms with van der Waals surface area (Å²) in [6.45, 7) is 5.87. The monoisotopic (exact) mass is 366 g/mol. The number of aromatic nitrogens is 3. The van der Waals surface area contributed by atoms with Gasteiger partial charge in [0.25, 0.3) is 0 Å². The lowest BCUT2D eigenvalue weighted by atomic mass is 9.95. The highest BCUT2D eigenvalue weighted by Crippen LogP contribution is 2.52. The maximum atomic E-state index is 12.4. The summed E-state index contributed by atoms with van der Waals surface area (Å²) in [6, 6.07) is 10.7. The zero-order valence-electron chi connectivity index (χ0n) is 16.5. The van der Waals surface area contributed by atoms with E-state index in [1.165, 1.54) is 5.56 Å². The van der Waals surface area contributed by atoms with Crippen LogP contribution in [0.15, 0.2) is 30.3 Å². The lowest BCUT2D eigenvalue weighted by Crippen LogP contribution is -2.31. The number of likely N-dealkylation sites (tertiary alicyclic amines) is 1. The molecule has 1 aliphatic heterocycles. The van der Waals surface area contributed by atoms with E-state index in [1.807, 2.05) is 11.8 Å². The number of aryl methyl sites for hydroxylation is 1. The van der Waals surface area contributed by atoms with Crippen LogP contribution in [0, 0.1) is 0 Å². The summed E-state index contributed by atoms with van der Waals surface area (Å²) in [5.74, 6) is 2.18. The Kier molecular flexibility index (Phi) is 5.02. The van der Waals surface area contributed by atoms with Gasteiger partial charge in [-0.3, -0.25) is 4.79 Å². The molecule has 144 valence electrons. The van der Waals surface area contributed by atoms with Crippen molar-refractivity contribution in [3.05, 3.63) is 47.5 Å². The first-order valence-electron chi connectivity index (χ1n) is 10.5. The minimum Gasteiger partial charge on any atom is -0.332 e. The normalized spacial score (nSPS) is 20.8. The Balaban J connectivity index is 1.70. The molecular weight excluding hydrogens is 336 g/mol. The third-order valence-electron chi connectivity index (χ3n) is 6.10. The molecule has 2 fully saturated rings. The molecule has 4 rings (SSSR count). The predicted octanol–water partition coefficient (Wildman–Crippen LogP) is 4.23. The molecule has 2 aliphatic rings. The molecule has 1 aromatic carbocycles. The van der Waals surface area contributed by atoms with Crippen molar-refractivity contribution in [3.63, 3.8) is 0 Å². The summed E-state index contributed by atoms with van der Waals surface area (Å²) < 4.78 is 2.10. The fourth-order valence-electron chi connectivity index (χ4n) is 4.34. The maximum absolute atomic E-state index is 12.4. The van der Waals surface area contributed by atoms with Crippen LogP contribution in [-0.4, -0.2) is 32.1 Å². The van der Waals surface area contributed by atoms with Crippen molar-refractivity contribution in [3.8, 4) is 0 Å². The zero-order valence-corrected chi connectivity index (χ0v) is 16.5. The fraction of sp³-hybridized carbons (Fsp3) is 0.591. The molecule has 1 saturated carbocycles. The van der Waals surface area contributed by atoms with Crippen LogP contribution in [0.3, 0.4) is 0 Å². The van der Waals surface area contributed by atoms with E-state index in [2.05, 4.69) is 41.9 Å². The molecule has 0 bridgehead atoms. The van der Waals surface area contributed by atoms with Crippen LogP contribution in [0.25, 0.3) is 0 Å². The van der Waals surface area contributed by atoms with E-state index in [4.69, 9.17) is 10.1 Å². The quantitative estimate of drug-likeness (QED) is 0.737. The van der Waals surface area contributed by atoms with E-state index >= 15 is 0 Å². The van der Waals surface area contributed by atoms with Crippen molar-refractivity contribution in [2.45, 2.75) is 76.8 Å². The van der Waals surface area contributed by atoms with Crippen LogP contribution in [0.4, 0.5) is 0 Å². The van der Waals surface area contributed by atoms with Crippen molar-refractivity contribution in [2.24, 2.45) is 0 Å². The second-order valence-corrected chi connectivity index (χ2v) is 7.92. The van der Waals surface area contributed by atoms with Gasteiger partial charge in [-0.15, -0.1) is 0 Å². The Morgan fingerprint density at radius 3 is 2.67 bits per heavy atom. The van der Waals surface area contributed by atoms with Crippen LogP contribution in [0.1, 0.15) is 82.0 Å². The Bertz CT molecular complexity index is 794. The van der Waals surface area contributed by atoms with Gasteiger partial charge in [0, 0.05) is 19.5 Å². The molecule has 5 nitrogen and oxygen atoms in total. The zero-order chi connectivity index (χ0) is 18.9. The van der Waals surface area contributed by atoms with Gasteiger partial charge >= 0.3 is 0 Å². The summed E-state index contributed by atoms with van der Waals surface area (Å²) in [6.07, 6.45) is 7.03. The van der Waals surface area contributed by atoms with E-state index in [1.54, 1.807) is 0 Å². The van der Waals surface area contributed by atoms with E-state index in [0.29, 0.717) is 6.42 Å². The van der Waals surface area contributed by atoms with Gasteiger partial charge in [0.2, 0.25) is 5.91 Å². The molecule has 2 heterocycles. The molecule has 27 heavy (non-hydrogen) atoms. The SMILES string of the molecule is CCCCn1nc(C2(c3ccccc3)CC2)nc1[C@@H]1CCCN1C(=O)CC. The van der Waals surface area contributed by atoms with Crippen molar-refractivity contribution < 1.29 is 4.79 Å². The largest absolute Gasteiger partial charge is 0.332 e. The second-order valence-electron chi connectivity index (χ2n) is 7.92. The number of hydrogen-bond donors (Lipinski definition) is 0. The molecule has 0 radical (unpaired) electrons. The average molecular weight is 367 g/mol. The highest BCUT2D eigenvalue weighted by atomic mass is 16.2. The van der Waals surface area contributed by atoms with Gasteiger partial charge in [-0.05, 0) is 37.7 Å². The first kappa shape index (κ1) is 18.2. The van der Waals surface area contributed by atoms with Crippen LogP contribution in [0.2, 0.25) is 0 Å². The Hall–Kier alpha value is -2.17. The standard InChI is InChI=1S/C22H30N4O/c1-3-5-16-26-20(18-12-9-15-25(18)19(27)4-2)23-21(24-26)22(13-14-22)17-10-7-6-8-11-17/h6-8,10-11,18H,3-5,9,12-16H2,1-2H3/t18-/m0/s1. The highest BCUT2D eigenvalue weighted by Gasteiger charge is 2.50. The van der Waals surface area contributed by atoms with Gasteiger partial charge < -0.3 is 4.90 Å². The summed E-state index contributed by atoms with van der Waals surface area (Å²) in [4.78, 5) is 19.5. The van der Waals surface area contributed by atoms with E-state index < -0.39 is 0 Å². The number of rotatable bonds is 7. The summed E-state index contributed by atoms with van der Waals surface area (Å²) in [5, 5.41) is 4.99. The van der Waals surface area contributed by atoms with Crippen LogP contribution < -0.4 is 0 Å². The molecule has 5 heteroatoms. The molecular formula is C22H30N4O. The Morgan fingerprint density at radius 2 is 2.00 bits per heavy atom. The van der Waals surface area contributed by atoms with Crippen LogP contribution in [0.5, 0.6) is 0 Å². The van der Waals surface area contributed by atoms with E-state index in [0.717, 1.165) is 63.3 Å². The molecule has 0 spiro atoms. The molecule has 1 amide bonds. The van der Waals surface area contributed by atoms with Crippen LogP contribution in [-0.2, 0) is 16.8 Å². The van der Waals surface area contributed by atoms with Gasteiger partial charge in [0.15, 0.2) is 5.82 Å². The predicted molar refractivity (Wildman–Crippen MR) is 105 cm³/mol. The number of benzene rings is 1. The van der Waals surface area contributed by atoms with Crippen molar-refractivity contribution in [1.82, 2.24) is 19.7 Å². The fourth-order valence-corrected chi connectivity index (χ4v) is 4.34. The lowest BCUT2D eigenvalue weighted by Gasteiger charge is -2.24. The minimum absolute atomic E-state index is 0.0221. The molecule has 1 atom stereocenters. The molecule has 0 unspecified atom stereocenters. The molecule has 2 aromatic rings. The summed E-state index contributed by atoms with van der Waals surface area (Å²) >= 11 is 0. The summed E-state index contributed by atoms with van der Waals surface area (Å²) in [5.41, 5.74) is 1.29. The minimum atomic E-state index is -0.0221. The molecule has 1 aromatic heterocycles. The van der Waals surface area contributed by atoms with Gasteiger partial charge in [0.1, 0.15) is 5.82 Å². The molecule has 1 aliphatic carbocycles. The lowest BCUT2D eigenvalue weighted by molar-refractivity contribution is -0.131. The smallest absolute Gasteiger partial charge is 0.222 e. The topological polar surface area (TPSA) is 51.0 Å². The van der Waals surface area contributed by atoms with Crippen molar-refractivity contribution in [1.29, 1.82) is 0 Å². The van der Waals surface area contributed by atoms with Gasteiger partial charge in [-0.25, -0.2) is 9.67 Å². The summed E-state index contributed by atoms with van der Waals surface area (Å²) in [7, 11) is 0. The third kappa shape index (κ3) is 3.28. The van der Waals surface area contributed by atoms with Gasteiger partial charge in [0.05, 0.1) is 11.5 Å². The van der Waals surface area contributed by atoms with Crippen molar-refractivity contribution in [2.75, 3.05) is 6.54 Å². The number of carbonyl (C=O) groups is 1. The highest BCUT2D eigenvalue weighted by molar-refractivity contribution is 5.76. The van der Waals surface area contributed by atoms with Crippen LogP contribution >= 0.6 is 0 Å². The first-order valence-corrected chi connectivity index (χ1v) is 10.5. The Morgan fingerprint density at radius 1 is 1.22 bits per heavy atom. The number of nitrogens with zero attached hydrogens (tertiary/aromatic N) is 4. The third-order valence-corrected chi connectivity index (χ3v) is 6.10. The maximum Gasteiger partial charge on any atom is 0.222 e.